The highest BCUT2D eigenvalue weighted by Crippen LogP contribution is 2.23. The summed E-state index contributed by atoms with van der Waals surface area (Å²) in [5.74, 6) is -0.841. The highest BCUT2D eigenvalue weighted by atomic mass is 19.1. The molecule has 4 N–H and O–H groups in total. The molecule has 0 saturated heterocycles. The van der Waals surface area contributed by atoms with Gasteiger partial charge in [0.2, 0.25) is 0 Å². The smallest absolute Gasteiger partial charge is 0.136 e. The van der Waals surface area contributed by atoms with Crippen molar-refractivity contribution >= 4 is 11.5 Å². The zero-order valence-electron chi connectivity index (χ0n) is 9.37. The molecule has 88 valence electrons. The van der Waals surface area contributed by atoms with Gasteiger partial charge >= 0.3 is 0 Å². The Balaban J connectivity index is 3.22. The summed E-state index contributed by atoms with van der Waals surface area (Å²) in [6, 6.07) is 4.32. The average Bonchev–Trinajstić information content (AvgIpc) is 2.26. The van der Waals surface area contributed by atoms with Crippen molar-refractivity contribution in [2.45, 2.75) is 13.0 Å². The minimum atomic E-state index is -0.526. The third kappa shape index (κ3) is 2.30. The van der Waals surface area contributed by atoms with E-state index in [1.807, 2.05) is 0 Å². The normalized spacial score (nSPS) is 12.2. The Morgan fingerprint density at radius 2 is 2.25 bits per heavy atom. The number of hydrogen-bond donors (Lipinski definition) is 3. The van der Waals surface area contributed by atoms with E-state index in [0.717, 1.165) is 0 Å². The maximum absolute atomic E-state index is 13.5. The van der Waals surface area contributed by atoms with Gasteiger partial charge < -0.3 is 15.7 Å². The van der Waals surface area contributed by atoms with E-state index >= 15 is 0 Å². The first kappa shape index (κ1) is 12.4. The highest BCUT2D eigenvalue weighted by Gasteiger charge is 2.17. The number of benzene rings is 1. The second-order valence-electron chi connectivity index (χ2n) is 3.69. The molecule has 0 fully saturated rings. The SMILES string of the molecule is CC(CO)N(C)c1cccc(F)c1C(=N)N. The molecule has 0 radical (unpaired) electrons. The van der Waals surface area contributed by atoms with Crippen LogP contribution in [-0.2, 0) is 0 Å². The van der Waals surface area contributed by atoms with Crippen LogP contribution in [0, 0.1) is 11.2 Å². The van der Waals surface area contributed by atoms with Crippen LogP contribution in [-0.4, -0.2) is 30.6 Å². The Morgan fingerprint density at radius 1 is 1.62 bits per heavy atom. The van der Waals surface area contributed by atoms with Crippen molar-refractivity contribution in [3.8, 4) is 0 Å². The lowest BCUT2D eigenvalue weighted by atomic mass is 10.1. The molecule has 0 amide bonds. The highest BCUT2D eigenvalue weighted by molar-refractivity contribution is 6.00. The zero-order valence-corrected chi connectivity index (χ0v) is 9.37. The molecule has 1 aromatic rings. The van der Waals surface area contributed by atoms with Gasteiger partial charge in [0.25, 0.3) is 0 Å². The molecule has 0 aliphatic rings. The molecule has 0 saturated carbocycles. The first-order chi connectivity index (χ1) is 7.49. The number of hydrogen-bond acceptors (Lipinski definition) is 3. The van der Waals surface area contributed by atoms with Crippen LogP contribution in [0.4, 0.5) is 10.1 Å². The number of nitrogens with zero attached hydrogens (tertiary/aromatic N) is 1. The Kier molecular flexibility index (Phi) is 3.84. The van der Waals surface area contributed by atoms with E-state index < -0.39 is 5.82 Å². The Hall–Kier alpha value is -1.62. The van der Waals surface area contributed by atoms with Gasteiger partial charge in [-0.15, -0.1) is 0 Å². The van der Waals surface area contributed by atoms with E-state index in [9.17, 15) is 4.39 Å². The van der Waals surface area contributed by atoms with Crippen LogP contribution in [0.25, 0.3) is 0 Å². The molecule has 1 aromatic carbocycles. The maximum Gasteiger partial charge on any atom is 0.136 e. The average molecular weight is 225 g/mol. The van der Waals surface area contributed by atoms with Gasteiger partial charge in [0.15, 0.2) is 0 Å². The summed E-state index contributed by atoms with van der Waals surface area (Å²) in [5, 5.41) is 16.4. The van der Waals surface area contributed by atoms with E-state index in [1.165, 1.54) is 6.07 Å². The van der Waals surface area contributed by atoms with Crippen LogP contribution in [0.3, 0.4) is 0 Å². The summed E-state index contributed by atoms with van der Waals surface area (Å²) in [5.41, 5.74) is 5.93. The number of nitrogen functional groups attached to an aromatic ring is 1. The fourth-order valence-electron chi connectivity index (χ4n) is 1.43. The lowest BCUT2D eigenvalue weighted by Gasteiger charge is -2.27. The van der Waals surface area contributed by atoms with Crippen molar-refractivity contribution < 1.29 is 9.50 Å². The third-order valence-corrected chi connectivity index (χ3v) is 2.57. The molecule has 0 spiro atoms. The molecule has 1 rings (SSSR count). The zero-order chi connectivity index (χ0) is 12.3. The molecule has 4 nitrogen and oxygen atoms in total. The molecule has 0 aromatic heterocycles. The van der Waals surface area contributed by atoms with Crippen LogP contribution in [0.2, 0.25) is 0 Å². The third-order valence-electron chi connectivity index (χ3n) is 2.57. The lowest BCUT2D eigenvalue weighted by Crippen LogP contribution is -2.34. The van der Waals surface area contributed by atoms with E-state index in [-0.39, 0.29) is 24.0 Å². The van der Waals surface area contributed by atoms with E-state index in [0.29, 0.717) is 5.69 Å². The number of aliphatic hydroxyl groups is 1. The summed E-state index contributed by atoms with van der Waals surface area (Å²) in [4.78, 5) is 1.69. The lowest BCUT2D eigenvalue weighted by molar-refractivity contribution is 0.270. The van der Waals surface area contributed by atoms with E-state index in [2.05, 4.69) is 0 Å². The van der Waals surface area contributed by atoms with Gasteiger partial charge in [-0.3, -0.25) is 5.41 Å². The standard InChI is InChI=1S/C11H16FN3O/c1-7(6-16)15(2)9-5-3-4-8(12)10(9)11(13)14/h3-5,7,16H,6H2,1-2H3,(H3,13,14). The molecular weight excluding hydrogens is 209 g/mol. The van der Waals surface area contributed by atoms with Crippen LogP contribution in [0.15, 0.2) is 18.2 Å². The topological polar surface area (TPSA) is 73.3 Å². The summed E-state index contributed by atoms with van der Waals surface area (Å²) in [6.45, 7) is 1.75. The Bertz CT molecular complexity index is 395. The quantitative estimate of drug-likeness (QED) is 0.527. The summed E-state index contributed by atoms with van der Waals surface area (Å²) in [6.07, 6.45) is 0. The van der Waals surface area contributed by atoms with Crippen molar-refractivity contribution in [3.05, 3.63) is 29.6 Å². The van der Waals surface area contributed by atoms with Gasteiger partial charge in [-0.1, -0.05) is 6.07 Å². The van der Waals surface area contributed by atoms with Gasteiger partial charge in [-0.05, 0) is 19.1 Å². The van der Waals surface area contributed by atoms with Gasteiger partial charge in [0.1, 0.15) is 11.7 Å². The van der Waals surface area contributed by atoms with Crippen molar-refractivity contribution in [2.24, 2.45) is 5.73 Å². The fourth-order valence-corrected chi connectivity index (χ4v) is 1.43. The number of anilines is 1. The van der Waals surface area contributed by atoms with E-state index in [4.69, 9.17) is 16.2 Å². The number of amidine groups is 1. The number of halogens is 1. The van der Waals surface area contributed by atoms with Crippen molar-refractivity contribution in [1.82, 2.24) is 0 Å². The predicted octanol–water partition coefficient (Wildman–Crippen LogP) is 0.927. The van der Waals surface area contributed by atoms with Crippen molar-refractivity contribution in [1.29, 1.82) is 5.41 Å². The maximum atomic E-state index is 13.5. The molecule has 1 atom stereocenters. The molecule has 0 aliphatic carbocycles. The molecule has 1 unspecified atom stereocenters. The number of nitrogens with one attached hydrogen (secondary N) is 1. The number of aliphatic hydroxyl groups excluding tert-OH is 1. The number of likely N-dealkylation sites (N-methyl/N-ethyl adjacent to an activating group) is 1. The van der Waals surface area contributed by atoms with Gasteiger partial charge in [0, 0.05) is 13.1 Å². The van der Waals surface area contributed by atoms with Crippen LogP contribution in [0.5, 0.6) is 0 Å². The first-order valence-corrected chi connectivity index (χ1v) is 4.95. The summed E-state index contributed by atoms with van der Waals surface area (Å²) >= 11 is 0. The van der Waals surface area contributed by atoms with Crippen molar-refractivity contribution in [2.75, 3.05) is 18.6 Å². The van der Waals surface area contributed by atoms with E-state index in [1.54, 1.807) is 31.0 Å². The Labute approximate surface area is 94.0 Å². The van der Waals surface area contributed by atoms with Crippen LogP contribution < -0.4 is 10.6 Å². The number of nitrogens with two attached hydrogens (primary N) is 1. The second-order valence-corrected chi connectivity index (χ2v) is 3.69. The molecule has 5 heteroatoms. The van der Waals surface area contributed by atoms with Gasteiger partial charge in [-0.2, -0.15) is 0 Å². The predicted molar refractivity (Wildman–Crippen MR) is 62.4 cm³/mol. The largest absolute Gasteiger partial charge is 0.394 e. The molecule has 0 bridgehead atoms. The molecular formula is C11H16FN3O. The molecule has 0 aliphatic heterocycles. The monoisotopic (exact) mass is 225 g/mol. The minimum absolute atomic E-state index is 0.0512. The van der Waals surface area contributed by atoms with Crippen LogP contribution in [0.1, 0.15) is 12.5 Å². The fraction of sp³-hybridized carbons (Fsp3) is 0.364. The van der Waals surface area contributed by atoms with Crippen LogP contribution >= 0.6 is 0 Å². The molecule has 16 heavy (non-hydrogen) atoms. The minimum Gasteiger partial charge on any atom is -0.394 e. The molecule has 0 heterocycles. The number of rotatable bonds is 4. The second kappa shape index (κ2) is 4.94. The first-order valence-electron chi connectivity index (χ1n) is 4.95. The van der Waals surface area contributed by atoms with Gasteiger partial charge in [-0.25, -0.2) is 4.39 Å². The van der Waals surface area contributed by atoms with Crippen molar-refractivity contribution in [3.63, 3.8) is 0 Å². The summed E-state index contributed by atoms with van der Waals surface area (Å²) < 4.78 is 13.5. The summed E-state index contributed by atoms with van der Waals surface area (Å²) in [7, 11) is 1.72. The Morgan fingerprint density at radius 3 is 2.75 bits per heavy atom. The van der Waals surface area contributed by atoms with Gasteiger partial charge in [0.05, 0.1) is 17.9 Å².